The average Bonchev–Trinajstić information content (AvgIpc) is 2.79. The smallest absolute Gasteiger partial charge is 0.166 e. The number of rotatable bonds is 3. The number of nitrogen functional groups attached to an aromatic ring is 1. The first-order valence-corrected chi connectivity index (χ1v) is 8.03. The van der Waals surface area contributed by atoms with E-state index >= 15 is 0 Å². The van der Waals surface area contributed by atoms with Crippen molar-refractivity contribution in [2.75, 3.05) is 5.73 Å². The minimum atomic E-state index is 0.768. The number of benzene rings is 2. The van der Waals surface area contributed by atoms with Gasteiger partial charge in [-0.05, 0) is 42.3 Å². The third kappa shape index (κ3) is 2.83. The molecule has 102 valence electrons. The van der Waals surface area contributed by atoms with E-state index in [9.17, 15) is 0 Å². The maximum absolute atomic E-state index is 5.74. The van der Waals surface area contributed by atoms with Gasteiger partial charge in [-0.2, -0.15) is 0 Å². The lowest BCUT2D eigenvalue weighted by molar-refractivity contribution is 1.08. The zero-order valence-corrected chi connectivity index (χ0v) is 13.4. The molecule has 0 spiro atoms. The van der Waals surface area contributed by atoms with Crippen LogP contribution >= 0.6 is 27.7 Å². The number of aromatic amines is 1. The van der Waals surface area contributed by atoms with Crippen LogP contribution in [0.4, 0.5) is 5.69 Å². The van der Waals surface area contributed by atoms with Crippen molar-refractivity contribution in [3.63, 3.8) is 0 Å². The molecule has 3 aromatic rings. The highest BCUT2D eigenvalue weighted by Crippen LogP contribution is 2.28. The molecule has 0 bridgehead atoms. The molecule has 3 rings (SSSR count). The summed E-state index contributed by atoms with van der Waals surface area (Å²) in [5.41, 5.74) is 11.1. The van der Waals surface area contributed by atoms with Crippen LogP contribution < -0.4 is 5.73 Å². The van der Waals surface area contributed by atoms with Crippen molar-refractivity contribution in [1.82, 2.24) is 9.97 Å². The predicted molar refractivity (Wildman–Crippen MR) is 88.9 cm³/mol. The number of aromatic nitrogens is 2. The minimum Gasteiger partial charge on any atom is -0.399 e. The summed E-state index contributed by atoms with van der Waals surface area (Å²) in [7, 11) is 0. The molecule has 0 aliphatic rings. The van der Waals surface area contributed by atoms with Crippen molar-refractivity contribution < 1.29 is 0 Å². The number of fused-ring (bicyclic) bond motifs is 1. The van der Waals surface area contributed by atoms with Gasteiger partial charge in [0.2, 0.25) is 0 Å². The summed E-state index contributed by atoms with van der Waals surface area (Å²) >= 11 is 5.23. The molecule has 5 heteroatoms. The Bertz CT molecular complexity index is 767. The lowest BCUT2D eigenvalue weighted by atomic mass is 10.2. The van der Waals surface area contributed by atoms with E-state index in [2.05, 4.69) is 45.0 Å². The van der Waals surface area contributed by atoms with E-state index < -0.39 is 0 Å². The maximum atomic E-state index is 5.74. The van der Waals surface area contributed by atoms with Gasteiger partial charge in [0, 0.05) is 15.9 Å². The van der Waals surface area contributed by atoms with Gasteiger partial charge < -0.3 is 10.7 Å². The lowest BCUT2D eigenvalue weighted by Gasteiger charge is -2.03. The standard InChI is InChI=1S/C15H14BrN3S/c1-9-2-5-13-14(6-9)19-15(18-13)20-8-10-3-4-11(17)7-12(10)16/h2-7H,8,17H2,1H3,(H,18,19). The van der Waals surface area contributed by atoms with Gasteiger partial charge >= 0.3 is 0 Å². The van der Waals surface area contributed by atoms with E-state index in [0.717, 1.165) is 32.1 Å². The Balaban J connectivity index is 1.79. The van der Waals surface area contributed by atoms with E-state index in [0.29, 0.717) is 0 Å². The second-order valence-electron chi connectivity index (χ2n) is 4.70. The number of hydrogen-bond donors (Lipinski definition) is 2. The molecule has 0 radical (unpaired) electrons. The van der Waals surface area contributed by atoms with Crippen LogP contribution in [0.15, 0.2) is 46.0 Å². The number of H-pyrrole nitrogens is 1. The number of aryl methyl sites for hydroxylation is 1. The normalized spacial score (nSPS) is 11.1. The van der Waals surface area contributed by atoms with Crippen molar-refractivity contribution in [3.05, 3.63) is 52.0 Å². The van der Waals surface area contributed by atoms with Gasteiger partial charge in [-0.25, -0.2) is 4.98 Å². The molecule has 2 aromatic carbocycles. The molecule has 1 heterocycles. The highest BCUT2D eigenvalue weighted by molar-refractivity contribution is 9.10. The second-order valence-corrected chi connectivity index (χ2v) is 6.52. The summed E-state index contributed by atoms with van der Waals surface area (Å²) in [5.74, 6) is 0.847. The summed E-state index contributed by atoms with van der Waals surface area (Å²) in [6, 6.07) is 12.1. The highest BCUT2D eigenvalue weighted by atomic mass is 79.9. The number of imidazole rings is 1. The Labute approximate surface area is 130 Å². The fraction of sp³-hybridized carbons (Fsp3) is 0.133. The lowest BCUT2D eigenvalue weighted by Crippen LogP contribution is -1.88. The van der Waals surface area contributed by atoms with Crippen LogP contribution in [0.1, 0.15) is 11.1 Å². The van der Waals surface area contributed by atoms with Crippen LogP contribution in [-0.2, 0) is 5.75 Å². The monoisotopic (exact) mass is 347 g/mol. The summed E-state index contributed by atoms with van der Waals surface area (Å²) in [4.78, 5) is 7.93. The SMILES string of the molecule is Cc1ccc2nc(SCc3ccc(N)cc3Br)[nH]c2c1. The van der Waals surface area contributed by atoms with Crippen LogP contribution in [0.5, 0.6) is 0 Å². The minimum absolute atomic E-state index is 0.768. The Hall–Kier alpha value is -1.46. The van der Waals surface area contributed by atoms with Gasteiger partial charge in [-0.3, -0.25) is 0 Å². The van der Waals surface area contributed by atoms with E-state index in [1.807, 2.05) is 24.3 Å². The van der Waals surface area contributed by atoms with Gasteiger partial charge in [-0.15, -0.1) is 0 Å². The molecule has 0 saturated heterocycles. The fourth-order valence-electron chi connectivity index (χ4n) is 2.00. The van der Waals surface area contributed by atoms with E-state index in [4.69, 9.17) is 5.73 Å². The maximum Gasteiger partial charge on any atom is 0.166 e. The zero-order chi connectivity index (χ0) is 14.1. The summed E-state index contributed by atoms with van der Waals surface area (Å²) in [5, 5.41) is 0.939. The first-order chi connectivity index (χ1) is 9.61. The second kappa shape index (κ2) is 5.50. The fourth-order valence-corrected chi connectivity index (χ4v) is 3.61. The summed E-state index contributed by atoms with van der Waals surface area (Å²) in [6.45, 7) is 2.08. The molecule has 0 aliphatic carbocycles. The summed E-state index contributed by atoms with van der Waals surface area (Å²) in [6.07, 6.45) is 0. The molecule has 1 aromatic heterocycles. The number of halogens is 1. The number of nitrogens with zero attached hydrogens (tertiary/aromatic N) is 1. The number of thioether (sulfide) groups is 1. The van der Waals surface area contributed by atoms with Gasteiger partial charge in [0.15, 0.2) is 5.16 Å². The molecule has 20 heavy (non-hydrogen) atoms. The molecule has 3 N–H and O–H groups in total. The highest BCUT2D eigenvalue weighted by Gasteiger charge is 2.06. The summed E-state index contributed by atoms with van der Waals surface area (Å²) < 4.78 is 1.04. The molecule has 0 saturated carbocycles. The molecule has 0 unspecified atom stereocenters. The van der Waals surface area contributed by atoms with Crippen molar-refractivity contribution >= 4 is 44.4 Å². The predicted octanol–water partition coefficient (Wildman–Crippen LogP) is 4.51. The van der Waals surface area contributed by atoms with E-state index in [1.165, 1.54) is 11.1 Å². The first kappa shape index (κ1) is 13.5. The number of nitrogens with two attached hydrogens (primary N) is 1. The number of nitrogens with one attached hydrogen (secondary N) is 1. The molecule has 3 nitrogen and oxygen atoms in total. The molecule has 0 aliphatic heterocycles. The van der Waals surface area contributed by atoms with E-state index in [-0.39, 0.29) is 0 Å². The number of hydrogen-bond acceptors (Lipinski definition) is 3. The van der Waals surface area contributed by atoms with Gasteiger partial charge in [-0.1, -0.05) is 39.8 Å². The van der Waals surface area contributed by atoms with Gasteiger partial charge in [0.05, 0.1) is 11.0 Å². The third-order valence-corrected chi connectivity index (χ3v) is 4.72. The van der Waals surface area contributed by atoms with Crippen LogP contribution in [0.2, 0.25) is 0 Å². The Morgan fingerprint density at radius 2 is 2.10 bits per heavy atom. The van der Waals surface area contributed by atoms with Crippen LogP contribution in [-0.4, -0.2) is 9.97 Å². The Morgan fingerprint density at radius 3 is 2.90 bits per heavy atom. The average molecular weight is 348 g/mol. The van der Waals surface area contributed by atoms with Crippen molar-refractivity contribution in [1.29, 1.82) is 0 Å². The van der Waals surface area contributed by atoms with Crippen molar-refractivity contribution in [2.45, 2.75) is 17.8 Å². The van der Waals surface area contributed by atoms with Crippen molar-refractivity contribution in [3.8, 4) is 0 Å². The molecule has 0 atom stereocenters. The molecule has 0 amide bonds. The third-order valence-electron chi connectivity index (χ3n) is 3.06. The molecule has 0 fully saturated rings. The van der Waals surface area contributed by atoms with Crippen LogP contribution in [0.3, 0.4) is 0 Å². The Kier molecular flexibility index (Phi) is 3.72. The topological polar surface area (TPSA) is 54.7 Å². The van der Waals surface area contributed by atoms with Crippen LogP contribution in [0.25, 0.3) is 11.0 Å². The van der Waals surface area contributed by atoms with Gasteiger partial charge in [0.25, 0.3) is 0 Å². The Morgan fingerprint density at radius 1 is 1.25 bits per heavy atom. The van der Waals surface area contributed by atoms with Crippen LogP contribution in [0, 0.1) is 6.92 Å². The van der Waals surface area contributed by atoms with Gasteiger partial charge in [0.1, 0.15) is 0 Å². The molecular weight excluding hydrogens is 334 g/mol. The van der Waals surface area contributed by atoms with E-state index in [1.54, 1.807) is 11.8 Å². The molecular formula is C15H14BrN3S. The zero-order valence-electron chi connectivity index (χ0n) is 11.0. The largest absolute Gasteiger partial charge is 0.399 e. The first-order valence-electron chi connectivity index (χ1n) is 6.25. The number of anilines is 1. The van der Waals surface area contributed by atoms with Crippen molar-refractivity contribution in [2.24, 2.45) is 0 Å². The quantitative estimate of drug-likeness (QED) is 0.541.